The summed E-state index contributed by atoms with van der Waals surface area (Å²) in [5.74, 6) is 0. The van der Waals surface area contributed by atoms with Crippen LogP contribution in [0.2, 0.25) is 0 Å². The molecule has 2 rings (SSSR count). The molecule has 1 aromatic carbocycles. The van der Waals surface area contributed by atoms with Crippen molar-refractivity contribution >= 4 is 6.29 Å². The van der Waals surface area contributed by atoms with E-state index in [4.69, 9.17) is 0 Å². The normalized spacial score (nSPS) is 25.8. The van der Waals surface area contributed by atoms with E-state index in [0.29, 0.717) is 0 Å². The molecular formula is C13H17NO2. The van der Waals surface area contributed by atoms with Crippen molar-refractivity contribution < 1.29 is 9.90 Å². The molecule has 1 saturated heterocycles. The van der Waals surface area contributed by atoms with E-state index in [1.165, 1.54) is 5.56 Å². The summed E-state index contributed by atoms with van der Waals surface area (Å²) in [6.07, 6.45) is 2.77. The Morgan fingerprint density at radius 3 is 2.69 bits per heavy atom. The largest absolute Gasteiger partial charge is 0.395 e. The fourth-order valence-electron chi connectivity index (χ4n) is 2.35. The molecule has 2 unspecified atom stereocenters. The molecule has 0 aliphatic carbocycles. The van der Waals surface area contributed by atoms with E-state index in [0.717, 1.165) is 25.7 Å². The van der Waals surface area contributed by atoms with Crippen LogP contribution in [0.3, 0.4) is 0 Å². The maximum Gasteiger partial charge on any atom is 0.137 e. The Bertz CT molecular complexity index is 339. The van der Waals surface area contributed by atoms with E-state index in [-0.39, 0.29) is 18.7 Å². The summed E-state index contributed by atoms with van der Waals surface area (Å²) in [6, 6.07) is 10.2. The lowest BCUT2D eigenvalue weighted by molar-refractivity contribution is -0.112. The van der Waals surface area contributed by atoms with Gasteiger partial charge in [-0.2, -0.15) is 0 Å². The fraction of sp³-hybridized carbons (Fsp3) is 0.462. The third kappa shape index (κ3) is 2.31. The number of likely N-dealkylation sites (tertiary alicyclic amines) is 1. The van der Waals surface area contributed by atoms with Gasteiger partial charge in [-0.25, -0.2) is 0 Å². The van der Waals surface area contributed by atoms with E-state index < -0.39 is 0 Å². The van der Waals surface area contributed by atoms with Gasteiger partial charge in [0.2, 0.25) is 0 Å². The highest BCUT2D eigenvalue weighted by Crippen LogP contribution is 2.24. The van der Waals surface area contributed by atoms with Crippen LogP contribution >= 0.6 is 0 Å². The van der Waals surface area contributed by atoms with Crippen molar-refractivity contribution in [2.75, 3.05) is 6.61 Å². The van der Waals surface area contributed by atoms with Crippen molar-refractivity contribution in [2.24, 2.45) is 0 Å². The summed E-state index contributed by atoms with van der Waals surface area (Å²) in [5.41, 5.74) is 1.19. The first kappa shape index (κ1) is 11.3. The second-order valence-corrected chi connectivity index (χ2v) is 4.28. The fourth-order valence-corrected chi connectivity index (χ4v) is 2.35. The van der Waals surface area contributed by atoms with Gasteiger partial charge in [-0.3, -0.25) is 4.90 Å². The Kier molecular flexibility index (Phi) is 3.70. The number of carbonyl (C=O) groups is 1. The van der Waals surface area contributed by atoms with Crippen molar-refractivity contribution in [1.29, 1.82) is 0 Å². The van der Waals surface area contributed by atoms with Crippen molar-refractivity contribution in [1.82, 2.24) is 4.90 Å². The van der Waals surface area contributed by atoms with Crippen molar-refractivity contribution in [3.05, 3.63) is 35.9 Å². The van der Waals surface area contributed by atoms with Crippen LogP contribution in [0, 0.1) is 0 Å². The number of rotatable bonds is 4. The van der Waals surface area contributed by atoms with Gasteiger partial charge in [-0.05, 0) is 18.4 Å². The minimum Gasteiger partial charge on any atom is -0.395 e. The molecule has 0 radical (unpaired) electrons. The number of hydrogen-bond acceptors (Lipinski definition) is 3. The highest BCUT2D eigenvalue weighted by Gasteiger charge is 2.32. The molecule has 3 nitrogen and oxygen atoms in total. The number of aliphatic hydroxyl groups is 1. The SMILES string of the molecule is O=CC1CCC(CO)N1Cc1ccccc1. The van der Waals surface area contributed by atoms with E-state index in [1.807, 2.05) is 18.2 Å². The van der Waals surface area contributed by atoms with Gasteiger partial charge in [0.25, 0.3) is 0 Å². The van der Waals surface area contributed by atoms with Crippen LogP contribution in [0.1, 0.15) is 18.4 Å². The molecule has 0 amide bonds. The third-order valence-corrected chi connectivity index (χ3v) is 3.27. The summed E-state index contributed by atoms with van der Waals surface area (Å²) in [4.78, 5) is 13.0. The Labute approximate surface area is 95.7 Å². The number of aliphatic hydroxyl groups excluding tert-OH is 1. The minimum absolute atomic E-state index is 0.0302. The van der Waals surface area contributed by atoms with Crippen molar-refractivity contribution in [2.45, 2.75) is 31.5 Å². The number of carbonyl (C=O) groups excluding carboxylic acids is 1. The van der Waals surface area contributed by atoms with E-state index >= 15 is 0 Å². The molecule has 2 atom stereocenters. The number of aldehydes is 1. The molecule has 16 heavy (non-hydrogen) atoms. The molecule has 1 heterocycles. The predicted octanol–water partition coefficient (Wildman–Crippen LogP) is 1.21. The molecule has 1 aliphatic heterocycles. The van der Waals surface area contributed by atoms with Crippen LogP contribution in [0.25, 0.3) is 0 Å². The molecule has 1 aliphatic rings. The van der Waals surface area contributed by atoms with Gasteiger partial charge in [-0.1, -0.05) is 30.3 Å². The van der Waals surface area contributed by atoms with E-state index in [2.05, 4.69) is 17.0 Å². The monoisotopic (exact) mass is 219 g/mol. The smallest absolute Gasteiger partial charge is 0.137 e. The molecule has 0 aromatic heterocycles. The lowest BCUT2D eigenvalue weighted by Gasteiger charge is -2.26. The molecule has 1 N–H and O–H groups in total. The topological polar surface area (TPSA) is 40.5 Å². The summed E-state index contributed by atoms with van der Waals surface area (Å²) >= 11 is 0. The van der Waals surface area contributed by atoms with E-state index in [1.54, 1.807) is 0 Å². The van der Waals surface area contributed by atoms with Crippen LogP contribution in [0.15, 0.2) is 30.3 Å². The van der Waals surface area contributed by atoms with Crippen molar-refractivity contribution in [3.63, 3.8) is 0 Å². The maximum absolute atomic E-state index is 10.9. The predicted molar refractivity (Wildman–Crippen MR) is 61.9 cm³/mol. The Morgan fingerprint density at radius 1 is 1.31 bits per heavy atom. The highest BCUT2D eigenvalue weighted by molar-refractivity contribution is 5.58. The summed E-state index contributed by atoms with van der Waals surface area (Å²) in [6.45, 7) is 0.882. The lowest BCUT2D eigenvalue weighted by Crippen LogP contribution is -2.38. The van der Waals surface area contributed by atoms with Gasteiger partial charge >= 0.3 is 0 Å². The summed E-state index contributed by atoms with van der Waals surface area (Å²) in [7, 11) is 0. The zero-order valence-corrected chi connectivity index (χ0v) is 9.25. The Hall–Kier alpha value is -1.19. The zero-order chi connectivity index (χ0) is 11.4. The summed E-state index contributed by atoms with van der Waals surface area (Å²) < 4.78 is 0. The van der Waals surface area contributed by atoms with E-state index in [9.17, 15) is 9.90 Å². The molecule has 1 fully saturated rings. The molecular weight excluding hydrogens is 202 g/mol. The second-order valence-electron chi connectivity index (χ2n) is 4.28. The van der Waals surface area contributed by atoms with Crippen LogP contribution in [0.4, 0.5) is 0 Å². The van der Waals surface area contributed by atoms with Crippen LogP contribution < -0.4 is 0 Å². The van der Waals surface area contributed by atoms with Gasteiger partial charge in [0.1, 0.15) is 6.29 Å². The molecule has 0 saturated carbocycles. The second kappa shape index (κ2) is 5.23. The number of hydrogen-bond donors (Lipinski definition) is 1. The first-order valence-electron chi connectivity index (χ1n) is 5.71. The van der Waals surface area contributed by atoms with Crippen molar-refractivity contribution in [3.8, 4) is 0 Å². The van der Waals surface area contributed by atoms with Crippen LogP contribution in [-0.4, -0.2) is 35.0 Å². The first-order chi connectivity index (χ1) is 7.85. The van der Waals surface area contributed by atoms with Gasteiger partial charge in [-0.15, -0.1) is 0 Å². The standard InChI is InChI=1S/C13H17NO2/c15-9-12-6-7-13(10-16)14(12)8-11-4-2-1-3-5-11/h1-5,9,12-13,16H,6-8,10H2. The Morgan fingerprint density at radius 2 is 2.06 bits per heavy atom. The third-order valence-electron chi connectivity index (χ3n) is 3.27. The van der Waals surface area contributed by atoms with Gasteiger partial charge < -0.3 is 9.90 Å². The van der Waals surface area contributed by atoms with Gasteiger partial charge in [0, 0.05) is 12.6 Å². The molecule has 0 spiro atoms. The highest BCUT2D eigenvalue weighted by atomic mass is 16.3. The maximum atomic E-state index is 10.9. The average Bonchev–Trinajstić information content (AvgIpc) is 2.72. The minimum atomic E-state index is -0.0302. The average molecular weight is 219 g/mol. The molecule has 1 aromatic rings. The molecule has 0 bridgehead atoms. The zero-order valence-electron chi connectivity index (χ0n) is 9.25. The first-order valence-corrected chi connectivity index (χ1v) is 5.71. The molecule has 3 heteroatoms. The lowest BCUT2D eigenvalue weighted by atomic mass is 10.2. The van der Waals surface area contributed by atoms with Gasteiger partial charge in [0.15, 0.2) is 0 Å². The van der Waals surface area contributed by atoms with Crippen LogP contribution in [-0.2, 0) is 11.3 Å². The summed E-state index contributed by atoms with van der Waals surface area (Å²) in [5, 5.41) is 9.27. The number of nitrogens with zero attached hydrogens (tertiary/aromatic N) is 1. The Balaban J connectivity index is 2.08. The number of benzene rings is 1. The van der Waals surface area contributed by atoms with Gasteiger partial charge in [0.05, 0.1) is 12.6 Å². The van der Waals surface area contributed by atoms with Crippen LogP contribution in [0.5, 0.6) is 0 Å². The molecule has 86 valence electrons. The quantitative estimate of drug-likeness (QED) is 0.774.